The summed E-state index contributed by atoms with van der Waals surface area (Å²) in [6.45, 7) is 3.74. The minimum Gasteiger partial charge on any atom is -0.496 e. The van der Waals surface area contributed by atoms with Crippen LogP contribution in [0.3, 0.4) is 0 Å². The molecule has 0 bridgehead atoms. The van der Waals surface area contributed by atoms with E-state index in [0.29, 0.717) is 26.4 Å². The molecule has 8 heteroatoms. The van der Waals surface area contributed by atoms with E-state index in [1.165, 1.54) is 11.3 Å². The van der Waals surface area contributed by atoms with Gasteiger partial charge in [-0.2, -0.15) is 0 Å². The number of ether oxygens (including phenoxy) is 2. The van der Waals surface area contributed by atoms with Crippen LogP contribution in [-0.2, 0) is 9.53 Å². The fourth-order valence-corrected chi connectivity index (χ4v) is 5.46. The van der Waals surface area contributed by atoms with Gasteiger partial charge in [-0.1, -0.05) is 41.7 Å². The fraction of sp³-hybridized carbons (Fsp3) is 0.185. The largest absolute Gasteiger partial charge is 0.496 e. The van der Waals surface area contributed by atoms with Crippen molar-refractivity contribution in [2.45, 2.75) is 19.9 Å². The Hall–Kier alpha value is -4.04. The highest BCUT2D eigenvalue weighted by molar-refractivity contribution is 7.07. The van der Waals surface area contributed by atoms with Crippen LogP contribution in [0.4, 0.5) is 0 Å². The molecule has 0 unspecified atom stereocenters. The smallest absolute Gasteiger partial charge is 0.338 e. The van der Waals surface area contributed by atoms with Crippen molar-refractivity contribution in [2.75, 3.05) is 13.7 Å². The molecule has 3 heterocycles. The summed E-state index contributed by atoms with van der Waals surface area (Å²) in [7, 11) is 1.58. The van der Waals surface area contributed by atoms with Crippen LogP contribution in [0.15, 0.2) is 82.0 Å². The highest BCUT2D eigenvalue weighted by Crippen LogP contribution is 2.40. The first-order valence-corrected chi connectivity index (χ1v) is 12.0. The van der Waals surface area contributed by atoms with Crippen molar-refractivity contribution < 1.29 is 14.3 Å². The molecule has 0 saturated carbocycles. The number of benzene rings is 2. The Bertz CT molecular complexity index is 1650. The maximum atomic E-state index is 13.8. The Morgan fingerprint density at radius 3 is 2.66 bits per heavy atom. The van der Waals surface area contributed by atoms with Gasteiger partial charge in [-0.15, -0.1) is 0 Å². The Morgan fingerprint density at radius 1 is 1.14 bits per heavy atom. The Kier molecular flexibility index (Phi) is 6.05. The van der Waals surface area contributed by atoms with Crippen LogP contribution in [0.1, 0.15) is 31.0 Å². The first kappa shape index (κ1) is 22.7. The topological polar surface area (TPSA) is 82.8 Å². The van der Waals surface area contributed by atoms with Crippen molar-refractivity contribution in [2.24, 2.45) is 4.99 Å². The second kappa shape index (κ2) is 9.31. The van der Waals surface area contributed by atoms with Gasteiger partial charge in [0.25, 0.3) is 5.56 Å². The van der Waals surface area contributed by atoms with Gasteiger partial charge >= 0.3 is 5.97 Å². The molecule has 0 saturated heterocycles. The number of aromatic nitrogens is 2. The van der Waals surface area contributed by atoms with E-state index < -0.39 is 12.0 Å². The molecule has 5 rings (SSSR count). The van der Waals surface area contributed by atoms with Crippen LogP contribution in [-0.4, -0.2) is 29.2 Å². The second-order valence-corrected chi connectivity index (χ2v) is 8.99. The molecular formula is C27H23N3O4S. The summed E-state index contributed by atoms with van der Waals surface area (Å²) in [5.41, 5.74) is 2.18. The number of methoxy groups -OCH3 is 1. The molecular weight excluding hydrogens is 462 g/mol. The predicted molar refractivity (Wildman–Crippen MR) is 135 cm³/mol. The molecule has 176 valence electrons. The van der Waals surface area contributed by atoms with E-state index in [0.717, 1.165) is 21.9 Å². The highest BCUT2D eigenvalue weighted by Gasteiger charge is 2.36. The summed E-state index contributed by atoms with van der Waals surface area (Å²) in [6.07, 6.45) is 5.16. The molecule has 0 radical (unpaired) electrons. The normalized spacial score (nSPS) is 15.6. The van der Waals surface area contributed by atoms with Crippen molar-refractivity contribution in [3.63, 3.8) is 0 Å². The third-order valence-electron chi connectivity index (χ3n) is 5.94. The standard InChI is InChI=1S/C27H23N3O4S/c1-4-34-26(32)22-16(2)29-27-30(25(31)21(35-27)15-17-11-13-28-14-12-17)24(22)23-19-8-6-5-7-18(19)9-10-20(23)33-3/h5-15,24H,4H2,1-3H3/b21-15-/t24-/m1/s1. The molecule has 7 nitrogen and oxygen atoms in total. The maximum absolute atomic E-state index is 13.8. The predicted octanol–water partition coefficient (Wildman–Crippen LogP) is 3.36. The fourth-order valence-electron chi connectivity index (χ4n) is 4.41. The number of carbonyl (C=O) groups is 1. The number of thiazole rings is 1. The molecule has 0 aliphatic carbocycles. The first-order chi connectivity index (χ1) is 17.0. The molecule has 2 aromatic heterocycles. The SMILES string of the molecule is CCOC(=O)C1=C(C)N=c2s/c(=C\c3ccncc3)c(=O)n2[C@H]1c1c(OC)ccc2ccccc12. The van der Waals surface area contributed by atoms with Gasteiger partial charge in [0, 0.05) is 18.0 Å². The van der Waals surface area contributed by atoms with Gasteiger partial charge in [0.15, 0.2) is 4.80 Å². The van der Waals surface area contributed by atoms with Crippen LogP contribution >= 0.6 is 11.3 Å². The van der Waals surface area contributed by atoms with E-state index in [1.807, 2.05) is 54.6 Å². The van der Waals surface area contributed by atoms with E-state index >= 15 is 0 Å². The molecule has 35 heavy (non-hydrogen) atoms. The molecule has 2 aromatic carbocycles. The van der Waals surface area contributed by atoms with E-state index in [-0.39, 0.29) is 12.2 Å². The molecule has 0 N–H and O–H groups in total. The van der Waals surface area contributed by atoms with Crippen LogP contribution < -0.4 is 19.6 Å². The Morgan fingerprint density at radius 2 is 1.91 bits per heavy atom. The lowest BCUT2D eigenvalue weighted by molar-refractivity contribution is -0.139. The Labute approximate surface area is 205 Å². The van der Waals surface area contributed by atoms with Crippen molar-refractivity contribution in [1.82, 2.24) is 9.55 Å². The number of nitrogens with zero attached hydrogens (tertiary/aromatic N) is 3. The first-order valence-electron chi connectivity index (χ1n) is 11.2. The highest BCUT2D eigenvalue weighted by atomic mass is 32.1. The number of allylic oxidation sites excluding steroid dienone is 1. The number of rotatable bonds is 5. The second-order valence-electron chi connectivity index (χ2n) is 7.99. The van der Waals surface area contributed by atoms with Crippen molar-refractivity contribution in [3.8, 4) is 5.75 Å². The third-order valence-corrected chi connectivity index (χ3v) is 6.93. The molecule has 1 aliphatic heterocycles. The lowest BCUT2D eigenvalue weighted by Crippen LogP contribution is -2.40. The lowest BCUT2D eigenvalue weighted by Gasteiger charge is -2.27. The summed E-state index contributed by atoms with van der Waals surface area (Å²) in [6, 6.07) is 14.6. The van der Waals surface area contributed by atoms with Crippen LogP contribution in [0.5, 0.6) is 5.75 Å². The van der Waals surface area contributed by atoms with Gasteiger partial charge in [-0.05, 0) is 54.5 Å². The monoisotopic (exact) mass is 485 g/mol. The average molecular weight is 486 g/mol. The molecule has 0 amide bonds. The van der Waals surface area contributed by atoms with Gasteiger partial charge < -0.3 is 9.47 Å². The van der Waals surface area contributed by atoms with Crippen molar-refractivity contribution in [1.29, 1.82) is 0 Å². The van der Waals surface area contributed by atoms with E-state index in [9.17, 15) is 9.59 Å². The zero-order chi connectivity index (χ0) is 24.5. The van der Waals surface area contributed by atoms with Crippen LogP contribution in [0.2, 0.25) is 0 Å². The molecule has 4 aromatic rings. The lowest BCUT2D eigenvalue weighted by atomic mass is 9.90. The maximum Gasteiger partial charge on any atom is 0.338 e. The summed E-state index contributed by atoms with van der Waals surface area (Å²) in [4.78, 5) is 36.3. The van der Waals surface area contributed by atoms with Crippen LogP contribution in [0.25, 0.3) is 16.8 Å². The van der Waals surface area contributed by atoms with Crippen molar-refractivity contribution in [3.05, 3.63) is 103 Å². The minimum absolute atomic E-state index is 0.210. The van der Waals surface area contributed by atoms with Gasteiger partial charge in [0.1, 0.15) is 11.8 Å². The zero-order valence-electron chi connectivity index (χ0n) is 19.5. The summed E-state index contributed by atoms with van der Waals surface area (Å²) < 4.78 is 13.3. The number of pyridine rings is 1. The number of carbonyl (C=O) groups excluding carboxylic acids is 1. The van der Waals surface area contributed by atoms with Crippen LogP contribution in [0, 0.1) is 0 Å². The molecule has 1 atom stereocenters. The molecule has 1 aliphatic rings. The molecule has 0 spiro atoms. The van der Waals surface area contributed by atoms with Gasteiger partial charge in [0.05, 0.1) is 29.5 Å². The number of hydrogen-bond acceptors (Lipinski definition) is 7. The summed E-state index contributed by atoms with van der Waals surface area (Å²) in [5, 5.41) is 1.86. The average Bonchev–Trinajstić information content (AvgIpc) is 3.17. The van der Waals surface area contributed by atoms with E-state index in [2.05, 4.69) is 9.98 Å². The quantitative estimate of drug-likeness (QED) is 0.405. The van der Waals surface area contributed by atoms with Gasteiger partial charge in [-0.3, -0.25) is 14.3 Å². The summed E-state index contributed by atoms with van der Waals surface area (Å²) in [5.74, 6) is 0.0751. The van der Waals surface area contributed by atoms with Crippen molar-refractivity contribution >= 4 is 34.2 Å². The number of hydrogen-bond donors (Lipinski definition) is 0. The zero-order valence-corrected chi connectivity index (χ0v) is 20.3. The molecule has 0 fully saturated rings. The van der Waals surface area contributed by atoms with Gasteiger partial charge in [0.2, 0.25) is 0 Å². The minimum atomic E-state index is -0.758. The third kappa shape index (κ3) is 3.95. The number of esters is 1. The van der Waals surface area contributed by atoms with Gasteiger partial charge in [-0.25, -0.2) is 9.79 Å². The summed E-state index contributed by atoms with van der Waals surface area (Å²) >= 11 is 1.29. The Balaban J connectivity index is 1.86. The van der Waals surface area contributed by atoms with E-state index in [1.54, 1.807) is 37.9 Å². The van der Waals surface area contributed by atoms with E-state index in [4.69, 9.17) is 9.47 Å². The number of fused-ring (bicyclic) bond motifs is 2.